The van der Waals surface area contributed by atoms with Crippen LogP contribution in [0.2, 0.25) is 0 Å². The van der Waals surface area contributed by atoms with E-state index in [0.29, 0.717) is 18.4 Å². The summed E-state index contributed by atoms with van der Waals surface area (Å²) in [5.74, 6) is -10.2. The van der Waals surface area contributed by atoms with Crippen molar-refractivity contribution >= 4 is 59.1 Å². The van der Waals surface area contributed by atoms with Crippen LogP contribution in [0.3, 0.4) is 0 Å². The molecule has 1 aromatic carbocycles. The van der Waals surface area contributed by atoms with Gasteiger partial charge in [0.1, 0.15) is 48.3 Å². The minimum atomic E-state index is -1.63. The molecule has 0 bridgehead atoms. The highest BCUT2D eigenvalue weighted by molar-refractivity contribution is 5.98. The van der Waals surface area contributed by atoms with Gasteiger partial charge >= 0.3 is 5.97 Å². The number of carbonyl (C=O) groups is 10. The van der Waals surface area contributed by atoms with Gasteiger partial charge in [0.2, 0.25) is 53.2 Å². The lowest BCUT2D eigenvalue weighted by Crippen LogP contribution is -2.61. The molecule has 14 N–H and O–H groups in total. The number of benzene rings is 1. The lowest BCUT2D eigenvalue weighted by molar-refractivity contribution is -0.144. The quantitative estimate of drug-likeness (QED) is 0.0401. The van der Waals surface area contributed by atoms with Crippen LogP contribution in [-0.4, -0.2) is 153 Å². The van der Waals surface area contributed by atoms with Crippen molar-refractivity contribution in [3.8, 4) is 0 Å². The smallest absolute Gasteiger partial charge is 0.326 e. The number of nitrogens with two attached hydrogens (primary N) is 2. The number of hydrogen-bond donors (Lipinski definition) is 12. The fourth-order valence-corrected chi connectivity index (χ4v) is 7.59. The van der Waals surface area contributed by atoms with E-state index >= 15 is 0 Å². The third-order valence-corrected chi connectivity index (χ3v) is 12.1. The fraction of sp³-hybridized carbons (Fsp3) is 0.660. The van der Waals surface area contributed by atoms with Gasteiger partial charge in [0.05, 0.1) is 19.3 Å². The average molecular weight is 989 g/mol. The minimum Gasteiger partial charge on any atom is -0.480 e. The predicted molar refractivity (Wildman–Crippen MR) is 255 cm³/mol. The molecular formula is C47H76N10O13. The molecular weight excluding hydrogens is 913 g/mol. The number of hydrogen-bond acceptors (Lipinski definition) is 13. The van der Waals surface area contributed by atoms with Crippen molar-refractivity contribution < 1.29 is 63.3 Å². The zero-order valence-electron chi connectivity index (χ0n) is 41.5. The molecule has 23 nitrogen and oxygen atoms in total. The second kappa shape index (κ2) is 29.1. The Morgan fingerprint density at radius 1 is 0.657 bits per heavy atom. The molecule has 1 aliphatic heterocycles. The number of aliphatic hydroxyl groups is 2. The third-order valence-electron chi connectivity index (χ3n) is 12.1. The van der Waals surface area contributed by atoms with E-state index < -0.39 is 145 Å². The van der Waals surface area contributed by atoms with E-state index in [0.717, 1.165) is 0 Å². The van der Waals surface area contributed by atoms with E-state index in [1.807, 2.05) is 20.8 Å². The first kappa shape index (κ1) is 59.9. The van der Waals surface area contributed by atoms with Gasteiger partial charge in [-0.05, 0) is 54.9 Å². The fourth-order valence-electron chi connectivity index (χ4n) is 7.59. The summed E-state index contributed by atoms with van der Waals surface area (Å²) in [7, 11) is 0. The van der Waals surface area contributed by atoms with E-state index in [2.05, 4.69) is 37.2 Å². The van der Waals surface area contributed by atoms with Crippen LogP contribution in [0.15, 0.2) is 30.3 Å². The van der Waals surface area contributed by atoms with Gasteiger partial charge in [0.15, 0.2) is 0 Å². The van der Waals surface area contributed by atoms with Crippen LogP contribution >= 0.6 is 0 Å². The van der Waals surface area contributed by atoms with Crippen molar-refractivity contribution in [2.45, 2.75) is 155 Å². The second-order valence-corrected chi connectivity index (χ2v) is 18.9. The predicted octanol–water partition coefficient (Wildman–Crippen LogP) is -2.32. The number of carboxylic acids is 1. The zero-order chi connectivity index (χ0) is 53.0. The van der Waals surface area contributed by atoms with Crippen molar-refractivity contribution in [2.75, 3.05) is 19.8 Å². The first-order valence-electron chi connectivity index (χ1n) is 23.8. The van der Waals surface area contributed by atoms with Gasteiger partial charge in [-0.15, -0.1) is 0 Å². The number of amides is 9. The van der Waals surface area contributed by atoms with E-state index in [1.54, 1.807) is 65.0 Å². The van der Waals surface area contributed by atoms with E-state index in [-0.39, 0.29) is 44.1 Å². The van der Waals surface area contributed by atoms with Gasteiger partial charge in [-0.1, -0.05) is 92.1 Å². The van der Waals surface area contributed by atoms with Crippen LogP contribution in [-0.2, 0) is 54.4 Å². The van der Waals surface area contributed by atoms with E-state index in [1.165, 1.54) is 4.90 Å². The summed E-state index contributed by atoms with van der Waals surface area (Å²) in [5, 5.41) is 47.3. The molecule has 70 heavy (non-hydrogen) atoms. The van der Waals surface area contributed by atoms with Gasteiger partial charge in [-0.25, -0.2) is 4.79 Å². The number of nitrogens with zero attached hydrogens (tertiary/aromatic N) is 1. The second-order valence-electron chi connectivity index (χ2n) is 18.9. The normalized spacial score (nSPS) is 17.4. The van der Waals surface area contributed by atoms with Crippen molar-refractivity contribution in [3.63, 3.8) is 0 Å². The SMILES string of the molecule is CC[C@H](C)[C@H](N)C(=O)N[C@@H](CC(C)C)C(=O)N[C@@H](CO)C(=O)N[C@@H](CCC(N)=O)C(=O)N[C@H](C(=O)N1CCC[C@H]1C(=O)N[C@@H](Cc1ccccc1)C(=O)N[C@@H](CO)C(=O)N[C@H](C(=O)O)C(C)C)C(C)C. The van der Waals surface area contributed by atoms with Crippen molar-refractivity contribution in [2.24, 2.45) is 35.1 Å². The number of nitrogens with one attached hydrogen (secondary N) is 7. The molecule has 0 saturated carbocycles. The molecule has 0 aliphatic carbocycles. The summed E-state index contributed by atoms with van der Waals surface area (Å²) in [6.07, 6.45) is 0.423. The minimum absolute atomic E-state index is 0.0699. The highest BCUT2D eigenvalue weighted by atomic mass is 16.4. The largest absolute Gasteiger partial charge is 0.480 e. The first-order chi connectivity index (χ1) is 32.9. The number of aliphatic hydroxyl groups excluding tert-OH is 2. The summed E-state index contributed by atoms with van der Waals surface area (Å²) < 4.78 is 0. The Morgan fingerprint density at radius 2 is 1.14 bits per heavy atom. The van der Waals surface area contributed by atoms with Crippen molar-refractivity contribution in [1.82, 2.24) is 42.1 Å². The lowest BCUT2D eigenvalue weighted by Gasteiger charge is -2.32. The number of carbonyl (C=O) groups excluding carboxylic acids is 9. The van der Waals surface area contributed by atoms with Crippen LogP contribution in [0.4, 0.5) is 0 Å². The lowest BCUT2D eigenvalue weighted by atomic mass is 9.97. The molecule has 9 amide bonds. The third kappa shape index (κ3) is 18.6. The highest BCUT2D eigenvalue weighted by Crippen LogP contribution is 2.22. The van der Waals surface area contributed by atoms with Crippen LogP contribution in [0.25, 0.3) is 0 Å². The Kier molecular flexibility index (Phi) is 24.9. The molecule has 10 atom stereocenters. The summed E-state index contributed by atoms with van der Waals surface area (Å²) in [6, 6.07) is -3.40. The number of carboxylic acid groups (broad SMARTS) is 1. The van der Waals surface area contributed by atoms with Gasteiger partial charge in [-0.2, -0.15) is 0 Å². The van der Waals surface area contributed by atoms with Gasteiger partial charge in [0.25, 0.3) is 0 Å². The molecule has 1 heterocycles. The number of aliphatic carboxylic acids is 1. The summed E-state index contributed by atoms with van der Waals surface area (Å²) in [5.41, 5.74) is 12.1. The number of likely N-dealkylation sites (tertiary alicyclic amines) is 1. The Balaban J connectivity index is 2.33. The van der Waals surface area contributed by atoms with Crippen molar-refractivity contribution in [3.05, 3.63) is 35.9 Å². The first-order valence-corrected chi connectivity index (χ1v) is 23.8. The molecule has 23 heteroatoms. The number of primary amides is 1. The van der Waals surface area contributed by atoms with Gasteiger partial charge in [-0.3, -0.25) is 43.2 Å². The summed E-state index contributed by atoms with van der Waals surface area (Å²) >= 11 is 0. The van der Waals surface area contributed by atoms with Gasteiger partial charge < -0.3 is 68.9 Å². The highest BCUT2D eigenvalue weighted by Gasteiger charge is 2.41. The van der Waals surface area contributed by atoms with Crippen LogP contribution < -0.4 is 48.7 Å². The molecule has 0 spiro atoms. The maximum atomic E-state index is 14.3. The maximum absolute atomic E-state index is 14.3. The zero-order valence-corrected chi connectivity index (χ0v) is 41.5. The molecule has 1 saturated heterocycles. The molecule has 1 aliphatic rings. The topological polar surface area (TPSA) is 371 Å². The molecule has 1 fully saturated rings. The van der Waals surface area contributed by atoms with Crippen LogP contribution in [0, 0.1) is 23.7 Å². The summed E-state index contributed by atoms with van der Waals surface area (Å²) in [4.78, 5) is 134. The molecule has 392 valence electrons. The van der Waals surface area contributed by atoms with Gasteiger partial charge in [0, 0.05) is 19.4 Å². The standard InChI is InChI=1S/C47H76N10O13/c1-9-27(8)36(49)45(67)52-30(20-24(2)3)40(62)53-32(22-58)42(64)50-29(17-18-35(48)60)39(61)55-37(25(4)5)46(68)57-19-13-16-34(57)44(66)51-31(21-28-14-11-10-12-15-28)41(63)54-33(23-59)43(65)56-38(26(6)7)47(69)70/h10-12,14-15,24-27,29-34,36-38,58-59H,9,13,16-23,49H2,1-8H3,(H2,48,60)(H,50,64)(H,51,66)(H,52,67)(H,53,62)(H,54,63)(H,55,61)(H,56,65)(H,69,70)/t27-,29-,30-,31-,32-,33-,34-,36-,37-,38-/m0/s1. The Morgan fingerprint density at radius 3 is 1.64 bits per heavy atom. The molecule has 0 aromatic heterocycles. The Bertz CT molecular complexity index is 1970. The molecule has 0 radical (unpaired) electrons. The average Bonchev–Trinajstić information content (AvgIpc) is 3.81. The number of rotatable bonds is 29. The van der Waals surface area contributed by atoms with Crippen LogP contribution in [0.5, 0.6) is 0 Å². The van der Waals surface area contributed by atoms with Crippen LogP contribution in [0.1, 0.15) is 99.5 Å². The molecule has 1 aromatic rings. The van der Waals surface area contributed by atoms with E-state index in [9.17, 15) is 63.3 Å². The molecule has 2 rings (SSSR count). The Labute approximate surface area is 409 Å². The maximum Gasteiger partial charge on any atom is 0.326 e. The molecule has 0 unspecified atom stereocenters. The Hall–Kier alpha value is -6.20. The summed E-state index contributed by atoms with van der Waals surface area (Å²) in [6.45, 7) is 11.9. The monoisotopic (exact) mass is 989 g/mol. The van der Waals surface area contributed by atoms with E-state index in [4.69, 9.17) is 11.5 Å². The van der Waals surface area contributed by atoms with Crippen molar-refractivity contribution in [1.29, 1.82) is 0 Å².